The number of ether oxygens (including phenoxy) is 2. The van der Waals surface area contributed by atoms with Crippen LogP contribution in [-0.2, 0) is 11.3 Å². The Hall–Kier alpha value is -2.62. The van der Waals surface area contributed by atoms with E-state index in [2.05, 4.69) is 5.32 Å². The summed E-state index contributed by atoms with van der Waals surface area (Å²) in [4.78, 5) is 23.0. The van der Waals surface area contributed by atoms with Crippen LogP contribution in [0.2, 0.25) is 0 Å². The zero-order chi connectivity index (χ0) is 19.5. The number of nitrogens with one attached hydrogen (secondary N) is 2. The van der Waals surface area contributed by atoms with Crippen molar-refractivity contribution in [3.63, 3.8) is 0 Å². The van der Waals surface area contributed by atoms with E-state index in [1.165, 1.54) is 14.2 Å². The highest BCUT2D eigenvalue weighted by atomic mass is 19.3. The van der Waals surface area contributed by atoms with Gasteiger partial charge in [0.25, 0.3) is 11.8 Å². The summed E-state index contributed by atoms with van der Waals surface area (Å²) < 4.78 is 36.7. The average Bonchev–Trinajstić information content (AvgIpc) is 2.56. The van der Waals surface area contributed by atoms with E-state index >= 15 is 0 Å². The molecule has 0 radical (unpaired) electrons. The van der Waals surface area contributed by atoms with Gasteiger partial charge in [0.05, 0.1) is 19.8 Å². The average molecular weight is 374 g/mol. The van der Waals surface area contributed by atoms with Crippen LogP contribution in [0.15, 0.2) is 18.2 Å². The smallest absolute Gasteiger partial charge is 0.405 e. The number of methoxy groups -OCH3 is 2. The van der Waals surface area contributed by atoms with Crippen molar-refractivity contribution in [1.82, 2.24) is 10.6 Å². The summed E-state index contributed by atoms with van der Waals surface area (Å²) in [6.07, 6.45) is -5.45. The molecular formula is C16H20F2N2O6. The van der Waals surface area contributed by atoms with Gasteiger partial charge >= 0.3 is 6.09 Å². The second-order valence-corrected chi connectivity index (χ2v) is 6.09. The number of hydrogen-bond acceptors (Lipinski definition) is 5. The van der Waals surface area contributed by atoms with Crippen LogP contribution in [0.3, 0.4) is 0 Å². The highest BCUT2D eigenvalue weighted by Gasteiger charge is 2.62. The topological polar surface area (TPSA) is 117 Å². The van der Waals surface area contributed by atoms with Gasteiger partial charge in [-0.25, -0.2) is 13.6 Å². The lowest BCUT2D eigenvalue weighted by Crippen LogP contribution is -2.70. The number of carbonyl (C=O) groups excluding carboxylic acids is 1. The normalized spacial score (nSPS) is 18.2. The molecule has 26 heavy (non-hydrogen) atoms. The van der Waals surface area contributed by atoms with E-state index in [0.29, 0.717) is 17.1 Å². The Kier molecular flexibility index (Phi) is 5.55. The molecule has 2 rings (SSSR count). The molecule has 0 aromatic heterocycles. The van der Waals surface area contributed by atoms with Gasteiger partial charge in [-0.2, -0.15) is 0 Å². The minimum absolute atomic E-state index is 0.0530. The molecule has 0 aliphatic heterocycles. The van der Waals surface area contributed by atoms with E-state index in [9.17, 15) is 23.5 Å². The van der Waals surface area contributed by atoms with Crippen molar-refractivity contribution in [2.75, 3.05) is 14.2 Å². The zero-order valence-electron chi connectivity index (χ0n) is 14.2. The lowest BCUT2D eigenvalue weighted by Gasteiger charge is -2.48. The number of hydrogen-bond donors (Lipinski definition) is 4. The number of alkyl halides is 2. The number of aliphatic hydroxyl groups is 1. The van der Waals surface area contributed by atoms with Crippen LogP contribution in [0, 0.1) is 0 Å². The minimum atomic E-state index is -3.14. The Bertz CT molecular complexity index is 689. The third-order valence-electron chi connectivity index (χ3n) is 4.22. The summed E-state index contributed by atoms with van der Waals surface area (Å²) in [5, 5.41) is 23.2. The first kappa shape index (κ1) is 19.7. The zero-order valence-corrected chi connectivity index (χ0v) is 14.2. The summed E-state index contributed by atoms with van der Waals surface area (Å²) in [6, 6.07) is 4.87. The molecule has 0 heterocycles. The van der Waals surface area contributed by atoms with Gasteiger partial charge in [0, 0.05) is 31.0 Å². The molecule has 4 N–H and O–H groups in total. The van der Waals surface area contributed by atoms with E-state index < -0.39 is 42.4 Å². The van der Waals surface area contributed by atoms with Crippen LogP contribution in [0.5, 0.6) is 11.5 Å². The number of benzene rings is 1. The molecule has 1 aliphatic carbocycles. The van der Waals surface area contributed by atoms with Crippen molar-refractivity contribution < 1.29 is 38.1 Å². The lowest BCUT2D eigenvalue weighted by atomic mass is 9.69. The Morgan fingerprint density at radius 2 is 1.92 bits per heavy atom. The van der Waals surface area contributed by atoms with Gasteiger partial charge in [-0.15, -0.1) is 0 Å². The Morgan fingerprint density at radius 3 is 2.42 bits per heavy atom. The number of halogens is 2. The maximum Gasteiger partial charge on any atom is 0.405 e. The molecule has 10 heteroatoms. The molecule has 0 spiro atoms. The number of carbonyl (C=O) groups is 2. The van der Waals surface area contributed by atoms with Gasteiger partial charge in [0.1, 0.15) is 11.5 Å². The highest BCUT2D eigenvalue weighted by Crippen LogP contribution is 2.47. The Morgan fingerprint density at radius 1 is 1.27 bits per heavy atom. The first-order valence-electron chi connectivity index (χ1n) is 7.68. The Labute approximate surface area is 148 Å². The van der Waals surface area contributed by atoms with Gasteiger partial charge in [0.2, 0.25) is 0 Å². The fourth-order valence-electron chi connectivity index (χ4n) is 2.96. The maximum absolute atomic E-state index is 13.2. The van der Waals surface area contributed by atoms with Crippen molar-refractivity contribution in [2.45, 2.75) is 37.0 Å². The van der Waals surface area contributed by atoms with Crippen LogP contribution in [-0.4, -0.2) is 54.0 Å². The predicted molar refractivity (Wildman–Crippen MR) is 85.5 cm³/mol. The molecule has 8 nitrogen and oxygen atoms in total. The molecule has 0 saturated heterocycles. The molecule has 1 aromatic carbocycles. The van der Waals surface area contributed by atoms with Crippen molar-refractivity contribution in [2.24, 2.45) is 0 Å². The molecular weight excluding hydrogens is 354 g/mol. The number of amides is 2. The van der Waals surface area contributed by atoms with Crippen molar-refractivity contribution in [3.05, 3.63) is 23.8 Å². The van der Waals surface area contributed by atoms with Gasteiger partial charge in [-0.05, 0) is 12.1 Å². The Balaban J connectivity index is 2.06. The first-order valence-corrected chi connectivity index (χ1v) is 7.68. The van der Waals surface area contributed by atoms with E-state index in [1.807, 2.05) is 5.32 Å². The number of aliphatic hydroxyl groups excluding tert-OH is 1. The van der Waals surface area contributed by atoms with Crippen LogP contribution in [0.25, 0.3) is 0 Å². The second-order valence-electron chi connectivity index (χ2n) is 6.09. The quantitative estimate of drug-likeness (QED) is 0.568. The minimum Gasteiger partial charge on any atom is -0.497 e. The van der Waals surface area contributed by atoms with Crippen LogP contribution in [0.1, 0.15) is 18.4 Å². The fraction of sp³-hybridized carbons (Fsp3) is 0.500. The summed E-state index contributed by atoms with van der Waals surface area (Å²) in [5.41, 5.74) is -1.35. The van der Waals surface area contributed by atoms with Crippen molar-refractivity contribution in [1.29, 1.82) is 0 Å². The van der Waals surface area contributed by atoms with E-state index in [4.69, 9.17) is 14.6 Å². The summed E-state index contributed by atoms with van der Waals surface area (Å²) >= 11 is 0. The third-order valence-corrected chi connectivity index (χ3v) is 4.22. The van der Waals surface area contributed by atoms with Crippen LogP contribution >= 0.6 is 0 Å². The molecule has 2 amide bonds. The first-order chi connectivity index (χ1) is 12.1. The number of carboxylic acid groups (broad SMARTS) is 1. The standard InChI is InChI=1S/C16H20F2N2O6/c1-25-10-4-3-9(11(5-10)26-2)6-19-13(22)12(21)15(20-14(23)24)7-16(17,18)8-15/h3-5,12,20-21H,6-8H2,1-2H3,(H,19,22)(H,23,24). The number of rotatable bonds is 7. The fourth-order valence-corrected chi connectivity index (χ4v) is 2.96. The molecule has 1 unspecified atom stereocenters. The molecule has 0 bridgehead atoms. The van der Waals surface area contributed by atoms with Crippen molar-refractivity contribution >= 4 is 12.0 Å². The van der Waals surface area contributed by atoms with E-state index in [0.717, 1.165) is 0 Å². The molecule has 1 aromatic rings. The van der Waals surface area contributed by atoms with Crippen molar-refractivity contribution in [3.8, 4) is 11.5 Å². The SMILES string of the molecule is COc1ccc(CNC(=O)C(O)C2(NC(=O)O)CC(F)(F)C2)c(OC)c1. The highest BCUT2D eigenvalue weighted by molar-refractivity contribution is 5.83. The monoisotopic (exact) mass is 374 g/mol. The second kappa shape index (κ2) is 7.32. The molecule has 1 saturated carbocycles. The maximum atomic E-state index is 13.2. The molecule has 1 atom stereocenters. The van der Waals surface area contributed by atoms with Crippen LogP contribution < -0.4 is 20.1 Å². The largest absolute Gasteiger partial charge is 0.497 e. The molecule has 1 fully saturated rings. The summed E-state index contributed by atoms with van der Waals surface area (Å²) in [5.74, 6) is -3.14. The molecule has 1 aliphatic rings. The van der Waals surface area contributed by atoms with E-state index in [1.54, 1.807) is 18.2 Å². The lowest BCUT2D eigenvalue weighted by molar-refractivity contribution is -0.173. The van der Waals surface area contributed by atoms with Gasteiger partial charge in [-0.3, -0.25) is 4.79 Å². The predicted octanol–water partition coefficient (Wildman–Crippen LogP) is 1.12. The van der Waals surface area contributed by atoms with Gasteiger partial charge in [0.15, 0.2) is 6.10 Å². The van der Waals surface area contributed by atoms with Gasteiger partial charge < -0.3 is 30.3 Å². The third kappa shape index (κ3) is 4.13. The summed E-state index contributed by atoms with van der Waals surface area (Å²) in [7, 11) is 2.91. The van der Waals surface area contributed by atoms with E-state index in [-0.39, 0.29) is 6.54 Å². The molecule has 144 valence electrons. The van der Waals surface area contributed by atoms with Crippen LogP contribution in [0.4, 0.5) is 13.6 Å². The van der Waals surface area contributed by atoms with Gasteiger partial charge in [-0.1, -0.05) is 0 Å². The summed E-state index contributed by atoms with van der Waals surface area (Å²) in [6.45, 7) is -0.0530.